The second kappa shape index (κ2) is 24.3. The van der Waals surface area contributed by atoms with E-state index in [0.29, 0.717) is 0 Å². The van der Waals surface area contributed by atoms with E-state index in [1.54, 1.807) is 32.1 Å². The highest BCUT2D eigenvalue weighted by Gasteiger charge is 2.17. The molecule has 0 N–H and O–H groups in total. The van der Waals surface area contributed by atoms with Crippen LogP contribution in [0, 0.1) is 24.7 Å². The van der Waals surface area contributed by atoms with Crippen molar-refractivity contribution in [1.29, 1.82) is 0 Å². The molecular weight excluding hydrogens is 420 g/mol. The summed E-state index contributed by atoms with van der Waals surface area (Å²) < 4.78 is 0. The molecule has 0 bridgehead atoms. The van der Waals surface area contributed by atoms with Gasteiger partial charge in [-0.25, -0.2) is 0 Å². The third kappa shape index (κ3) is 19.7. The first-order chi connectivity index (χ1) is 17.4. The average molecular weight is 487 g/mol. The lowest BCUT2D eigenvalue weighted by Crippen LogP contribution is -2.11. The van der Waals surface area contributed by atoms with Gasteiger partial charge in [0.25, 0.3) is 0 Å². The van der Waals surface area contributed by atoms with Crippen LogP contribution in [0.3, 0.4) is 0 Å². The fourth-order valence-corrected chi connectivity index (χ4v) is 6.88. The Morgan fingerprint density at radius 2 is 0.514 bits per heavy atom. The van der Waals surface area contributed by atoms with E-state index in [1.807, 2.05) is 0 Å². The van der Waals surface area contributed by atoms with Crippen molar-refractivity contribution in [3.8, 4) is 0 Å². The quantitative estimate of drug-likeness (QED) is 0.364. The fraction of sp³-hybridized carbons (Fsp3) is 0.943. The molecule has 0 heteroatoms. The predicted molar refractivity (Wildman–Crippen MR) is 159 cm³/mol. The van der Waals surface area contributed by atoms with Crippen LogP contribution in [0.25, 0.3) is 0 Å². The Morgan fingerprint density at radius 3 is 0.800 bits per heavy atom. The van der Waals surface area contributed by atoms with Gasteiger partial charge in [-0.15, -0.1) is 0 Å². The zero-order valence-electron chi connectivity index (χ0n) is 24.2. The molecule has 2 radical (unpaired) electrons. The van der Waals surface area contributed by atoms with Gasteiger partial charge in [-0.3, -0.25) is 0 Å². The molecule has 2 aliphatic rings. The van der Waals surface area contributed by atoms with E-state index in [-0.39, 0.29) is 0 Å². The van der Waals surface area contributed by atoms with Crippen LogP contribution in [0.2, 0.25) is 0 Å². The van der Waals surface area contributed by atoms with E-state index in [9.17, 15) is 0 Å². The molecular formula is C35H66. The van der Waals surface area contributed by atoms with Crippen molar-refractivity contribution >= 4 is 0 Å². The van der Waals surface area contributed by atoms with Crippen molar-refractivity contribution in [3.05, 3.63) is 12.8 Å². The lowest BCUT2D eigenvalue weighted by atomic mass is 9.82. The van der Waals surface area contributed by atoms with Crippen molar-refractivity contribution in [2.45, 2.75) is 199 Å². The second-order valence-corrected chi connectivity index (χ2v) is 12.6. The zero-order chi connectivity index (χ0) is 24.5. The summed E-state index contributed by atoms with van der Waals surface area (Å²) in [6.45, 7) is 0. The van der Waals surface area contributed by atoms with Gasteiger partial charge in [0.05, 0.1) is 0 Å². The third-order valence-corrected chi connectivity index (χ3v) is 9.25. The molecule has 2 fully saturated rings. The van der Waals surface area contributed by atoms with E-state index in [4.69, 9.17) is 0 Å². The second-order valence-electron chi connectivity index (χ2n) is 12.6. The summed E-state index contributed by atoms with van der Waals surface area (Å²) in [5, 5.41) is 0. The minimum Gasteiger partial charge on any atom is -0.0533 e. The SMILES string of the molecule is [CH]1CCCCCCCCC(CC2CCCCCCC[CH]CCCCCCCC2)CCCCCCC1. The van der Waals surface area contributed by atoms with Gasteiger partial charge in [-0.05, 0) is 31.1 Å². The highest BCUT2D eigenvalue weighted by molar-refractivity contribution is 4.71. The number of hydrogen-bond acceptors (Lipinski definition) is 0. The number of hydrogen-bond donors (Lipinski definition) is 0. The van der Waals surface area contributed by atoms with E-state index >= 15 is 0 Å². The predicted octanol–water partition coefficient (Wildman–Crippen LogP) is 12.7. The summed E-state index contributed by atoms with van der Waals surface area (Å²) in [6, 6.07) is 0. The van der Waals surface area contributed by atoms with Crippen LogP contribution >= 0.6 is 0 Å². The van der Waals surface area contributed by atoms with E-state index in [2.05, 4.69) is 12.8 Å². The molecule has 206 valence electrons. The van der Waals surface area contributed by atoms with Crippen molar-refractivity contribution in [1.82, 2.24) is 0 Å². The molecule has 2 atom stereocenters. The van der Waals surface area contributed by atoms with Crippen LogP contribution in [0.15, 0.2) is 0 Å². The largest absolute Gasteiger partial charge is 0.0533 e. The van der Waals surface area contributed by atoms with Crippen LogP contribution in [0.1, 0.15) is 199 Å². The molecule has 0 aliphatic heterocycles. The molecule has 0 spiro atoms. The molecule has 0 heterocycles. The Bertz CT molecular complexity index is 338. The standard InChI is InChI=1S/C35H66/c1-2-6-10-14-18-22-26-30-34(29-25-21-17-13-9-5-1)33-35-31-27-23-19-15-11-7-3-4-8-12-16-20-24-28-32-35/h1,3,34-35H,2,4-33H2. The van der Waals surface area contributed by atoms with Crippen LogP contribution in [-0.4, -0.2) is 0 Å². The van der Waals surface area contributed by atoms with E-state index in [0.717, 1.165) is 11.8 Å². The normalized spacial score (nSPS) is 25.4. The van der Waals surface area contributed by atoms with E-state index < -0.39 is 0 Å². The van der Waals surface area contributed by atoms with Gasteiger partial charge in [0, 0.05) is 0 Å². The molecule has 2 saturated carbocycles. The van der Waals surface area contributed by atoms with Crippen LogP contribution in [0.5, 0.6) is 0 Å². The van der Waals surface area contributed by atoms with Crippen molar-refractivity contribution in [3.63, 3.8) is 0 Å². The Morgan fingerprint density at radius 1 is 0.286 bits per heavy atom. The van der Waals surface area contributed by atoms with Gasteiger partial charge >= 0.3 is 0 Å². The van der Waals surface area contributed by atoms with Crippen LogP contribution in [0.4, 0.5) is 0 Å². The molecule has 0 amide bonds. The molecule has 2 aliphatic carbocycles. The third-order valence-electron chi connectivity index (χ3n) is 9.25. The first-order valence-electron chi connectivity index (χ1n) is 17.1. The lowest BCUT2D eigenvalue weighted by Gasteiger charge is -2.24. The van der Waals surface area contributed by atoms with Gasteiger partial charge < -0.3 is 0 Å². The molecule has 2 rings (SSSR count). The highest BCUT2D eigenvalue weighted by Crippen LogP contribution is 2.31. The van der Waals surface area contributed by atoms with Crippen LogP contribution in [-0.2, 0) is 0 Å². The minimum absolute atomic E-state index is 1.04. The van der Waals surface area contributed by atoms with Crippen molar-refractivity contribution in [2.75, 3.05) is 0 Å². The van der Waals surface area contributed by atoms with Gasteiger partial charge in [-0.1, -0.05) is 193 Å². The highest BCUT2D eigenvalue weighted by atomic mass is 14.2. The smallest absolute Gasteiger partial charge is 0.0386 e. The van der Waals surface area contributed by atoms with E-state index in [1.165, 1.54) is 167 Å². The monoisotopic (exact) mass is 487 g/mol. The van der Waals surface area contributed by atoms with Gasteiger partial charge in [-0.2, -0.15) is 0 Å². The Kier molecular flexibility index (Phi) is 21.7. The average Bonchev–Trinajstić information content (AvgIpc) is 2.87. The first-order valence-corrected chi connectivity index (χ1v) is 17.1. The summed E-state index contributed by atoms with van der Waals surface area (Å²) in [5.74, 6) is 2.07. The Balaban J connectivity index is 1.78. The first kappa shape index (κ1) is 31.2. The summed E-state index contributed by atoms with van der Waals surface area (Å²) in [7, 11) is 0. The maximum absolute atomic E-state index is 2.59. The van der Waals surface area contributed by atoms with Crippen LogP contribution < -0.4 is 0 Å². The Hall–Kier alpha value is 0. The van der Waals surface area contributed by atoms with Gasteiger partial charge in [0.15, 0.2) is 0 Å². The van der Waals surface area contributed by atoms with Gasteiger partial charge in [0.1, 0.15) is 0 Å². The summed E-state index contributed by atoms with van der Waals surface area (Å²) >= 11 is 0. The van der Waals surface area contributed by atoms with Crippen molar-refractivity contribution in [2.24, 2.45) is 11.8 Å². The maximum atomic E-state index is 2.59. The fourth-order valence-electron chi connectivity index (χ4n) is 6.88. The molecule has 0 aromatic rings. The molecule has 0 nitrogen and oxygen atoms in total. The molecule has 0 saturated heterocycles. The molecule has 35 heavy (non-hydrogen) atoms. The zero-order valence-corrected chi connectivity index (χ0v) is 24.2. The van der Waals surface area contributed by atoms with Crippen molar-refractivity contribution < 1.29 is 0 Å². The summed E-state index contributed by atoms with van der Waals surface area (Å²) in [5.41, 5.74) is 0. The summed E-state index contributed by atoms with van der Waals surface area (Å²) in [6.07, 6.45) is 51.1. The molecule has 0 aromatic carbocycles. The summed E-state index contributed by atoms with van der Waals surface area (Å²) in [4.78, 5) is 0. The lowest BCUT2D eigenvalue weighted by molar-refractivity contribution is 0.282. The van der Waals surface area contributed by atoms with Gasteiger partial charge in [0.2, 0.25) is 0 Å². The number of rotatable bonds is 2. The Labute approximate surface area is 223 Å². The minimum atomic E-state index is 1.04. The maximum Gasteiger partial charge on any atom is -0.0386 e. The molecule has 2 unspecified atom stereocenters. The molecule has 0 aromatic heterocycles. The topological polar surface area (TPSA) is 0 Å².